The molecule has 4 nitrogen and oxygen atoms in total. The number of fused-ring (bicyclic) bond motifs is 1. The van der Waals surface area contributed by atoms with Crippen molar-refractivity contribution in [3.63, 3.8) is 0 Å². The minimum Gasteiger partial charge on any atom is -0.298 e. The first-order valence-electron chi connectivity index (χ1n) is 8.88. The first-order chi connectivity index (χ1) is 13.1. The quantitative estimate of drug-likeness (QED) is 0.711. The second kappa shape index (κ2) is 7.74. The van der Waals surface area contributed by atoms with E-state index in [4.69, 9.17) is 0 Å². The molecule has 0 saturated carbocycles. The number of thiazole rings is 1. The van der Waals surface area contributed by atoms with Gasteiger partial charge in [0.05, 0.1) is 5.69 Å². The molecule has 0 bridgehead atoms. The highest BCUT2D eigenvalue weighted by Crippen LogP contribution is 2.37. The number of rotatable bonds is 4. The fourth-order valence-corrected chi connectivity index (χ4v) is 5.01. The predicted octanol–water partition coefficient (Wildman–Crippen LogP) is 4.41. The summed E-state index contributed by atoms with van der Waals surface area (Å²) in [5.41, 5.74) is 3.02. The Morgan fingerprint density at radius 2 is 1.89 bits per heavy atom. The molecule has 1 aliphatic rings. The molecule has 2 unspecified atom stereocenters. The standard InChI is InChI=1S/C21H20N2O2S2/c1-27(25)17-10-7-15(8-11-17)20(24)23-21-22-18-12-9-16(13-19(18)26-21)14-5-3-2-4-6-14/h2-8,10-11,16H,9,12-13H2,1H3,(H,22,23,24). The van der Waals surface area contributed by atoms with E-state index in [0.29, 0.717) is 21.5 Å². The van der Waals surface area contributed by atoms with E-state index < -0.39 is 10.8 Å². The highest BCUT2D eigenvalue weighted by molar-refractivity contribution is 7.84. The lowest BCUT2D eigenvalue weighted by atomic mass is 9.85. The zero-order valence-corrected chi connectivity index (χ0v) is 16.6. The molecule has 1 amide bonds. The Hall–Kier alpha value is -2.31. The van der Waals surface area contributed by atoms with E-state index in [1.54, 1.807) is 41.9 Å². The molecule has 0 radical (unpaired) electrons. The topological polar surface area (TPSA) is 59.1 Å². The van der Waals surface area contributed by atoms with Crippen molar-refractivity contribution >= 4 is 33.2 Å². The van der Waals surface area contributed by atoms with E-state index in [-0.39, 0.29) is 5.91 Å². The summed E-state index contributed by atoms with van der Waals surface area (Å²) >= 11 is 1.57. The van der Waals surface area contributed by atoms with Crippen LogP contribution in [0.5, 0.6) is 0 Å². The Morgan fingerprint density at radius 1 is 1.15 bits per heavy atom. The van der Waals surface area contributed by atoms with Crippen LogP contribution in [0.3, 0.4) is 0 Å². The van der Waals surface area contributed by atoms with Gasteiger partial charge in [0.2, 0.25) is 0 Å². The molecule has 1 heterocycles. The van der Waals surface area contributed by atoms with Gasteiger partial charge in [-0.25, -0.2) is 4.98 Å². The van der Waals surface area contributed by atoms with Crippen molar-refractivity contribution in [2.45, 2.75) is 30.1 Å². The summed E-state index contributed by atoms with van der Waals surface area (Å²) in [5, 5.41) is 3.57. The SMILES string of the molecule is CS(=O)c1ccc(C(=O)Nc2nc3c(s2)CC(c2ccccc2)CC3)cc1. The van der Waals surface area contributed by atoms with Crippen molar-refractivity contribution in [3.8, 4) is 0 Å². The van der Waals surface area contributed by atoms with E-state index in [0.717, 1.165) is 25.0 Å². The number of nitrogens with zero attached hydrogens (tertiary/aromatic N) is 1. The molecule has 3 aromatic rings. The molecule has 0 saturated heterocycles. The van der Waals surface area contributed by atoms with Crippen molar-refractivity contribution in [3.05, 3.63) is 76.3 Å². The molecule has 2 aromatic carbocycles. The van der Waals surface area contributed by atoms with Gasteiger partial charge in [0.25, 0.3) is 5.91 Å². The lowest BCUT2D eigenvalue weighted by Gasteiger charge is -2.21. The number of hydrogen-bond donors (Lipinski definition) is 1. The van der Waals surface area contributed by atoms with Crippen LogP contribution in [0.15, 0.2) is 59.5 Å². The van der Waals surface area contributed by atoms with Gasteiger partial charge in [0.15, 0.2) is 5.13 Å². The number of aryl methyl sites for hydroxylation is 1. The number of benzene rings is 2. The van der Waals surface area contributed by atoms with Crippen molar-refractivity contribution in [1.29, 1.82) is 0 Å². The third-order valence-electron chi connectivity index (χ3n) is 4.88. The Bertz CT molecular complexity index is 981. The van der Waals surface area contributed by atoms with E-state index in [9.17, 15) is 9.00 Å². The van der Waals surface area contributed by atoms with Gasteiger partial charge in [-0.1, -0.05) is 30.3 Å². The van der Waals surface area contributed by atoms with Gasteiger partial charge >= 0.3 is 0 Å². The van der Waals surface area contributed by atoms with Crippen molar-refractivity contribution in [2.75, 3.05) is 11.6 Å². The lowest BCUT2D eigenvalue weighted by Crippen LogP contribution is -2.12. The molecule has 0 fully saturated rings. The first kappa shape index (κ1) is 18.1. The smallest absolute Gasteiger partial charge is 0.257 e. The third-order valence-corrected chi connectivity index (χ3v) is 6.85. The maximum atomic E-state index is 12.5. The monoisotopic (exact) mass is 396 g/mol. The number of aromatic nitrogens is 1. The number of hydrogen-bond acceptors (Lipinski definition) is 4. The van der Waals surface area contributed by atoms with E-state index >= 15 is 0 Å². The molecule has 0 aliphatic heterocycles. The van der Waals surface area contributed by atoms with Crippen molar-refractivity contribution in [1.82, 2.24) is 4.98 Å². The minimum atomic E-state index is -1.05. The zero-order chi connectivity index (χ0) is 18.8. The fraction of sp³-hybridized carbons (Fsp3) is 0.238. The maximum absolute atomic E-state index is 12.5. The minimum absolute atomic E-state index is 0.186. The second-order valence-electron chi connectivity index (χ2n) is 6.67. The highest BCUT2D eigenvalue weighted by atomic mass is 32.2. The van der Waals surface area contributed by atoms with Crippen LogP contribution >= 0.6 is 11.3 Å². The Labute approximate surface area is 165 Å². The second-order valence-corrected chi connectivity index (χ2v) is 9.14. The van der Waals surface area contributed by atoms with Gasteiger partial charge in [-0.2, -0.15) is 0 Å². The van der Waals surface area contributed by atoms with Gasteiger partial charge in [0, 0.05) is 32.4 Å². The number of amides is 1. The molecule has 1 aliphatic carbocycles. The number of carbonyl (C=O) groups is 1. The summed E-state index contributed by atoms with van der Waals surface area (Å²) in [6, 6.07) is 17.4. The summed E-state index contributed by atoms with van der Waals surface area (Å²) < 4.78 is 11.5. The van der Waals surface area contributed by atoms with E-state index in [1.165, 1.54) is 10.4 Å². The molecule has 27 heavy (non-hydrogen) atoms. The summed E-state index contributed by atoms with van der Waals surface area (Å²) in [5.74, 6) is 0.333. The van der Waals surface area contributed by atoms with Crippen molar-refractivity contribution < 1.29 is 9.00 Å². The molecular formula is C21H20N2O2S2. The van der Waals surface area contributed by atoms with Gasteiger partial charge < -0.3 is 0 Å². The molecule has 138 valence electrons. The average molecular weight is 397 g/mol. The first-order valence-corrected chi connectivity index (χ1v) is 11.3. The normalized spacial score (nSPS) is 17.1. The Balaban J connectivity index is 1.46. The molecule has 0 spiro atoms. The third kappa shape index (κ3) is 4.01. The largest absolute Gasteiger partial charge is 0.298 e. The molecule has 4 rings (SSSR count). The van der Waals surface area contributed by atoms with Gasteiger partial charge in [0.1, 0.15) is 0 Å². The predicted molar refractivity (Wildman–Crippen MR) is 110 cm³/mol. The Morgan fingerprint density at radius 3 is 2.59 bits per heavy atom. The molecule has 6 heteroatoms. The van der Waals surface area contributed by atoms with Crippen LogP contribution in [-0.4, -0.2) is 21.4 Å². The van der Waals surface area contributed by atoms with Crippen LogP contribution < -0.4 is 5.32 Å². The van der Waals surface area contributed by atoms with Crippen molar-refractivity contribution in [2.24, 2.45) is 0 Å². The van der Waals surface area contributed by atoms with Gasteiger partial charge in [-0.05, 0) is 55.0 Å². The average Bonchev–Trinajstić information content (AvgIpc) is 3.10. The number of carbonyl (C=O) groups excluding carboxylic acids is 1. The summed E-state index contributed by atoms with van der Waals surface area (Å²) in [6.07, 6.45) is 4.63. The van der Waals surface area contributed by atoms with Crippen LogP contribution in [0.25, 0.3) is 0 Å². The number of nitrogens with one attached hydrogen (secondary N) is 1. The molecular weight excluding hydrogens is 376 g/mol. The van der Waals surface area contributed by atoms with Crippen LogP contribution in [0, 0.1) is 0 Å². The fourth-order valence-electron chi connectivity index (χ4n) is 3.41. The van der Waals surface area contributed by atoms with Gasteiger partial charge in [-0.15, -0.1) is 11.3 Å². The molecule has 1 N–H and O–H groups in total. The molecule has 1 aromatic heterocycles. The lowest BCUT2D eigenvalue weighted by molar-refractivity contribution is 0.102. The summed E-state index contributed by atoms with van der Waals surface area (Å²) in [6.45, 7) is 0. The Kier molecular flexibility index (Phi) is 5.18. The summed E-state index contributed by atoms with van der Waals surface area (Å²) in [4.78, 5) is 19.1. The highest BCUT2D eigenvalue weighted by Gasteiger charge is 2.24. The van der Waals surface area contributed by atoms with Crippen LogP contribution in [-0.2, 0) is 23.6 Å². The van der Waals surface area contributed by atoms with Crippen LogP contribution in [0.4, 0.5) is 5.13 Å². The zero-order valence-electron chi connectivity index (χ0n) is 15.0. The maximum Gasteiger partial charge on any atom is 0.257 e. The van der Waals surface area contributed by atoms with E-state index in [2.05, 4.69) is 34.6 Å². The van der Waals surface area contributed by atoms with Crippen LogP contribution in [0.2, 0.25) is 0 Å². The van der Waals surface area contributed by atoms with Gasteiger partial charge in [-0.3, -0.25) is 14.3 Å². The summed E-state index contributed by atoms with van der Waals surface area (Å²) in [7, 11) is -1.05. The van der Waals surface area contributed by atoms with Crippen LogP contribution in [0.1, 0.15) is 38.8 Å². The van der Waals surface area contributed by atoms with E-state index in [1.807, 2.05) is 6.07 Å². The molecule has 2 atom stereocenters. The number of anilines is 1.